The first-order valence-corrected chi connectivity index (χ1v) is 8.54. The maximum atomic E-state index is 5.45. The van der Waals surface area contributed by atoms with Gasteiger partial charge in [-0.3, -0.25) is 0 Å². The fraction of sp³-hybridized carbons (Fsp3) is 0.200. The molecular formula is C20H22N4O3. The largest absolute Gasteiger partial charge is 0.497 e. The van der Waals surface area contributed by atoms with Crippen LogP contribution in [0.25, 0.3) is 0 Å². The molecule has 0 saturated heterocycles. The number of ether oxygens (including phenoxy) is 3. The van der Waals surface area contributed by atoms with E-state index in [-0.39, 0.29) is 0 Å². The van der Waals surface area contributed by atoms with Crippen molar-refractivity contribution >= 4 is 23.1 Å². The van der Waals surface area contributed by atoms with E-state index >= 15 is 0 Å². The lowest BCUT2D eigenvalue weighted by Crippen LogP contribution is -2.01. The van der Waals surface area contributed by atoms with E-state index in [1.54, 1.807) is 26.5 Å². The topological polar surface area (TPSA) is 77.5 Å². The maximum absolute atomic E-state index is 5.45. The zero-order valence-corrected chi connectivity index (χ0v) is 15.5. The van der Waals surface area contributed by atoms with Gasteiger partial charge in [0.2, 0.25) is 5.95 Å². The van der Waals surface area contributed by atoms with Crippen molar-refractivity contribution in [3.8, 4) is 17.2 Å². The summed E-state index contributed by atoms with van der Waals surface area (Å²) in [6, 6.07) is 14.9. The van der Waals surface area contributed by atoms with Crippen LogP contribution < -0.4 is 24.8 Å². The van der Waals surface area contributed by atoms with Crippen molar-refractivity contribution in [2.45, 2.75) is 6.92 Å². The summed E-state index contributed by atoms with van der Waals surface area (Å²) >= 11 is 0. The van der Waals surface area contributed by atoms with E-state index in [2.05, 4.69) is 20.6 Å². The SMILES string of the molecule is CCOc1ccc(Nc2nccc(Nc3cc(OC)ccc3OC)n2)cc1. The van der Waals surface area contributed by atoms with E-state index < -0.39 is 0 Å². The van der Waals surface area contributed by atoms with Crippen LogP contribution in [-0.2, 0) is 0 Å². The van der Waals surface area contributed by atoms with Gasteiger partial charge in [-0.05, 0) is 49.4 Å². The van der Waals surface area contributed by atoms with Gasteiger partial charge in [0.15, 0.2) is 0 Å². The van der Waals surface area contributed by atoms with Crippen LogP contribution in [0.3, 0.4) is 0 Å². The summed E-state index contributed by atoms with van der Waals surface area (Å²) in [6.07, 6.45) is 1.68. The highest BCUT2D eigenvalue weighted by Crippen LogP contribution is 2.31. The van der Waals surface area contributed by atoms with Gasteiger partial charge < -0.3 is 24.8 Å². The highest BCUT2D eigenvalue weighted by atomic mass is 16.5. The molecule has 3 rings (SSSR count). The third kappa shape index (κ3) is 4.78. The summed E-state index contributed by atoms with van der Waals surface area (Å²) in [7, 11) is 3.24. The smallest absolute Gasteiger partial charge is 0.229 e. The third-order valence-electron chi connectivity index (χ3n) is 3.75. The molecule has 3 aromatic rings. The molecular weight excluding hydrogens is 344 g/mol. The van der Waals surface area contributed by atoms with Crippen LogP contribution in [0, 0.1) is 0 Å². The maximum Gasteiger partial charge on any atom is 0.229 e. The van der Waals surface area contributed by atoms with E-state index in [0.29, 0.717) is 24.1 Å². The molecule has 2 N–H and O–H groups in total. The van der Waals surface area contributed by atoms with Crippen LogP contribution in [0.5, 0.6) is 17.2 Å². The standard InChI is InChI=1S/C20H22N4O3/c1-4-27-15-7-5-14(6-8-15)22-20-21-12-11-19(24-20)23-17-13-16(25-2)9-10-18(17)26-3/h5-13H,4H2,1-3H3,(H2,21,22,23,24). The summed E-state index contributed by atoms with van der Waals surface area (Å²) < 4.78 is 16.1. The molecule has 0 spiro atoms. The molecule has 140 valence electrons. The number of rotatable bonds is 8. The second kappa shape index (κ2) is 8.75. The zero-order valence-electron chi connectivity index (χ0n) is 15.5. The molecule has 7 heteroatoms. The van der Waals surface area contributed by atoms with Crippen molar-refractivity contribution in [2.75, 3.05) is 31.5 Å². The molecule has 2 aromatic carbocycles. The first kappa shape index (κ1) is 18.3. The monoisotopic (exact) mass is 366 g/mol. The lowest BCUT2D eigenvalue weighted by Gasteiger charge is -2.13. The fourth-order valence-electron chi connectivity index (χ4n) is 2.47. The minimum absolute atomic E-state index is 0.478. The molecule has 0 unspecified atom stereocenters. The summed E-state index contributed by atoms with van der Waals surface area (Å²) in [6.45, 7) is 2.59. The van der Waals surface area contributed by atoms with Gasteiger partial charge in [0.25, 0.3) is 0 Å². The molecule has 7 nitrogen and oxygen atoms in total. The molecule has 0 radical (unpaired) electrons. The van der Waals surface area contributed by atoms with E-state index in [4.69, 9.17) is 14.2 Å². The van der Waals surface area contributed by atoms with Crippen molar-refractivity contribution < 1.29 is 14.2 Å². The lowest BCUT2D eigenvalue weighted by molar-refractivity contribution is 0.340. The molecule has 0 aliphatic heterocycles. The zero-order chi connectivity index (χ0) is 19.1. The average Bonchev–Trinajstić information content (AvgIpc) is 2.70. The molecule has 0 saturated carbocycles. The van der Waals surface area contributed by atoms with Crippen molar-refractivity contribution in [1.82, 2.24) is 9.97 Å². The van der Waals surface area contributed by atoms with E-state index in [0.717, 1.165) is 22.9 Å². The minimum Gasteiger partial charge on any atom is -0.497 e. The first-order valence-electron chi connectivity index (χ1n) is 8.54. The Morgan fingerprint density at radius 3 is 2.37 bits per heavy atom. The quantitative estimate of drug-likeness (QED) is 0.612. The molecule has 1 heterocycles. The molecule has 0 aliphatic rings. The van der Waals surface area contributed by atoms with Crippen LogP contribution in [0.15, 0.2) is 54.7 Å². The summed E-state index contributed by atoms with van der Waals surface area (Å²) in [5, 5.41) is 6.41. The number of methoxy groups -OCH3 is 2. The number of benzene rings is 2. The highest BCUT2D eigenvalue weighted by Gasteiger charge is 2.07. The molecule has 1 aromatic heterocycles. The Bertz CT molecular complexity index is 885. The van der Waals surface area contributed by atoms with Crippen LogP contribution in [0.2, 0.25) is 0 Å². The predicted molar refractivity (Wildman–Crippen MR) is 106 cm³/mol. The molecule has 0 aliphatic carbocycles. The van der Waals surface area contributed by atoms with Gasteiger partial charge >= 0.3 is 0 Å². The Labute approximate surface area is 158 Å². The summed E-state index contributed by atoms with van der Waals surface area (Å²) in [5.74, 6) is 3.34. The normalized spacial score (nSPS) is 10.2. The number of aromatic nitrogens is 2. The van der Waals surface area contributed by atoms with E-state index in [1.165, 1.54) is 0 Å². The molecule has 0 fully saturated rings. The Morgan fingerprint density at radius 1 is 0.889 bits per heavy atom. The molecule has 0 amide bonds. The van der Waals surface area contributed by atoms with Gasteiger partial charge in [0.1, 0.15) is 23.1 Å². The number of nitrogens with zero attached hydrogens (tertiary/aromatic N) is 2. The number of hydrogen-bond donors (Lipinski definition) is 2. The Balaban J connectivity index is 1.76. The van der Waals surface area contributed by atoms with Crippen LogP contribution in [-0.4, -0.2) is 30.8 Å². The van der Waals surface area contributed by atoms with Crippen LogP contribution >= 0.6 is 0 Å². The van der Waals surface area contributed by atoms with Crippen molar-refractivity contribution in [3.63, 3.8) is 0 Å². The third-order valence-corrected chi connectivity index (χ3v) is 3.75. The van der Waals surface area contributed by atoms with E-state index in [1.807, 2.05) is 49.4 Å². The minimum atomic E-state index is 0.478. The Morgan fingerprint density at radius 2 is 1.67 bits per heavy atom. The Hall–Kier alpha value is -3.48. The first-order chi connectivity index (χ1) is 13.2. The predicted octanol–water partition coefficient (Wildman–Crippen LogP) is 4.38. The van der Waals surface area contributed by atoms with Gasteiger partial charge in [0.05, 0.1) is 26.5 Å². The average molecular weight is 366 g/mol. The summed E-state index contributed by atoms with van der Waals surface area (Å²) in [4.78, 5) is 8.75. The molecule has 0 atom stereocenters. The molecule has 0 bridgehead atoms. The number of nitrogens with one attached hydrogen (secondary N) is 2. The second-order valence-electron chi connectivity index (χ2n) is 5.54. The van der Waals surface area contributed by atoms with E-state index in [9.17, 15) is 0 Å². The number of hydrogen-bond acceptors (Lipinski definition) is 7. The van der Waals surface area contributed by atoms with Gasteiger partial charge in [-0.25, -0.2) is 4.98 Å². The van der Waals surface area contributed by atoms with Gasteiger partial charge in [-0.2, -0.15) is 4.98 Å². The van der Waals surface area contributed by atoms with Crippen LogP contribution in [0.1, 0.15) is 6.92 Å². The fourth-order valence-corrected chi connectivity index (χ4v) is 2.47. The summed E-state index contributed by atoms with van der Waals surface area (Å²) in [5.41, 5.74) is 1.62. The van der Waals surface area contributed by atoms with Gasteiger partial charge in [-0.1, -0.05) is 0 Å². The van der Waals surface area contributed by atoms with Gasteiger partial charge in [-0.15, -0.1) is 0 Å². The van der Waals surface area contributed by atoms with Gasteiger partial charge in [0, 0.05) is 18.0 Å². The van der Waals surface area contributed by atoms with Crippen molar-refractivity contribution in [1.29, 1.82) is 0 Å². The highest BCUT2D eigenvalue weighted by molar-refractivity contribution is 5.67. The van der Waals surface area contributed by atoms with Crippen molar-refractivity contribution in [2.24, 2.45) is 0 Å². The Kier molecular flexibility index (Phi) is 5.94. The lowest BCUT2D eigenvalue weighted by atomic mass is 10.2. The second-order valence-corrected chi connectivity index (χ2v) is 5.54. The van der Waals surface area contributed by atoms with Crippen LogP contribution in [0.4, 0.5) is 23.1 Å². The molecule has 27 heavy (non-hydrogen) atoms. The number of anilines is 4. The van der Waals surface area contributed by atoms with Crippen molar-refractivity contribution in [3.05, 3.63) is 54.7 Å².